The molecule has 1 amide bonds. The number of imidazole rings is 1. The van der Waals surface area contributed by atoms with Gasteiger partial charge in [-0.1, -0.05) is 0 Å². The summed E-state index contributed by atoms with van der Waals surface area (Å²) in [7, 11) is 3.14. The van der Waals surface area contributed by atoms with Gasteiger partial charge in [0.05, 0.1) is 6.33 Å². The number of rotatable bonds is 4. The van der Waals surface area contributed by atoms with E-state index in [4.69, 9.17) is 0 Å². The highest BCUT2D eigenvalue weighted by Gasteiger charge is 2.20. The van der Waals surface area contributed by atoms with Gasteiger partial charge in [0.2, 0.25) is 5.91 Å². The van der Waals surface area contributed by atoms with Crippen molar-refractivity contribution in [3.05, 3.63) is 57.2 Å². The maximum Gasteiger partial charge on any atom is 0.332 e. The Kier molecular flexibility index (Phi) is 4.45. The van der Waals surface area contributed by atoms with E-state index in [1.165, 1.54) is 51.7 Å². The molecule has 26 heavy (non-hydrogen) atoms. The summed E-state index contributed by atoms with van der Waals surface area (Å²) in [6.07, 6.45) is 1.44. The van der Waals surface area contributed by atoms with Crippen molar-refractivity contribution in [1.82, 2.24) is 18.7 Å². The van der Waals surface area contributed by atoms with E-state index < -0.39 is 29.5 Å². The predicted molar refractivity (Wildman–Crippen MR) is 94.6 cm³/mol. The van der Waals surface area contributed by atoms with Gasteiger partial charge in [0, 0.05) is 26.3 Å². The van der Waals surface area contributed by atoms with Crippen LogP contribution in [0.25, 0.3) is 11.2 Å². The molecule has 0 saturated carbocycles. The summed E-state index contributed by atoms with van der Waals surface area (Å²) in [6, 6.07) is 5.44. The number of hydrogen-bond donors (Lipinski definition) is 0. The first-order valence-electron chi connectivity index (χ1n) is 8.02. The monoisotopic (exact) mass is 359 g/mol. The van der Waals surface area contributed by atoms with E-state index in [9.17, 15) is 18.8 Å². The van der Waals surface area contributed by atoms with Crippen LogP contribution in [-0.4, -0.2) is 31.1 Å². The molecule has 0 radical (unpaired) electrons. The highest BCUT2D eigenvalue weighted by Crippen LogP contribution is 2.15. The molecule has 9 heteroatoms. The first-order valence-corrected chi connectivity index (χ1v) is 8.02. The number of carbonyl (C=O) groups excluding carboxylic acids is 1. The van der Waals surface area contributed by atoms with Gasteiger partial charge in [0.15, 0.2) is 11.2 Å². The summed E-state index contributed by atoms with van der Waals surface area (Å²) in [5, 5.41) is 0. The minimum absolute atomic E-state index is 0.240. The minimum atomic E-state index is -0.621. The van der Waals surface area contributed by atoms with Crippen molar-refractivity contribution >= 4 is 22.8 Å². The predicted octanol–water partition coefficient (Wildman–Crippen LogP) is 0.626. The number of amides is 1. The van der Waals surface area contributed by atoms with E-state index in [-0.39, 0.29) is 11.2 Å². The number of nitrogens with zero attached hydrogens (tertiary/aromatic N) is 5. The average molecular weight is 359 g/mol. The van der Waals surface area contributed by atoms with Gasteiger partial charge < -0.3 is 9.47 Å². The summed E-state index contributed by atoms with van der Waals surface area (Å²) in [4.78, 5) is 43.3. The molecule has 8 nitrogen and oxygen atoms in total. The molecule has 136 valence electrons. The molecule has 0 aliphatic heterocycles. The van der Waals surface area contributed by atoms with E-state index in [0.29, 0.717) is 12.2 Å². The fourth-order valence-electron chi connectivity index (χ4n) is 2.88. The molecule has 0 aliphatic carbocycles. The smallest absolute Gasteiger partial charge is 0.328 e. The molecule has 0 atom stereocenters. The molecule has 0 bridgehead atoms. The largest absolute Gasteiger partial charge is 0.332 e. The number of likely N-dealkylation sites (N-methyl/N-ethyl adjacent to an activating group) is 1. The van der Waals surface area contributed by atoms with Crippen LogP contribution < -0.4 is 16.1 Å². The zero-order chi connectivity index (χ0) is 19.0. The van der Waals surface area contributed by atoms with Crippen molar-refractivity contribution in [3.63, 3.8) is 0 Å². The summed E-state index contributed by atoms with van der Waals surface area (Å²) in [5.41, 5.74) is -0.205. The maximum atomic E-state index is 13.1. The van der Waals surface area contributed by atoms with E-state index in [0.717, 1.165) is 4.57 Å². The van der Waals surface area contributed by atoms with Crippen molar-refractivity contribution in [1.29, 1.82) is 0 Å². The highest BCUT2D eigenvalue weighted by molar-refractivity contribution is 5.93. The fourth-order valence-corrected chi connectivity index (χ4v) is 2.88. The second kappa shape index (κ2) is 6.58. The number of hydrogen-bond acceptors (Lipinski definition) is 4. The molecule has 0 aliphatic rings. The third-order valence-corrected chi connectivity index (χ3v) is 4.25. The van der Waals surface area contributed by atoms with Crippen LogP contribution >= 0.6 is 0 Å². The van der Waals surface area contributed by atoms with Gasteiger partial charge in [0.25, 0.3) is 5.56 Å². The topological polar surface area (TPSA) is 82.1 Å². The molecule has 1 aromatic carbocycles. The Hall–Kier alpha value is -3.23. The van der Waals surface area contributed by atoms with Crippen LogP contribution in [0.5, 0.6) is 0 Å². The molecule has 0 fully saturated rings. The number of halogens is 1. The lowest BCUT2D eigenvalue weighted by atomic mass is 10.2. The van der Waals surface area contributed by atoms with E-state index in [1.54, 1.807) is 14.0 Å². The van der Waals surface area contributed by atoms with Crippen molar-refractivity contribution in [2.24, 2.45) is 14.1 Å². The molecular weight excluding hydrogens is 341 g/mol. The van der Waals surface area contributed by atoms with Gasteiger partial charge in [-0.15, -0.1) is 0 Å². The molecule has 3 rings (SSSR count). The van der Waals surface area contributed by atoms with E-state index in [2.05, 4.69) is 4.98 Å². The van der Waals surface area contributed by atoms with E-state index in [1.807, 2.05) is 0 Å². The number of fused-ring (bicyclic) bond motifs is 1. The van der Waals surface area contributed by atoms with E-state index >= 15 is 0 Å². The SMILES string of the molecule is CCN(C(=O)Cn1c(=O)c2c(ncn2C)n(C)c1=O)c1ccc(F)cc1. The summed E-state index contributed by atoms with van der Waals surface area (Å²) >= 11 is 0. The molecule has 2 heterocycles. The zero-order valence-electron chi connectivity index (χ0n) is 14.6. The van der Waals surface area contributed by atoms with Gasteiger partial charge >= 0.3 is 5.69 Å². The zero-order valence-corrected chi connectivity index (χ0v) is 14.6. The normalized spacial score (nSPS) is 11.1. The third-order valence-electron chi connectivity index (χ3n) is 4.25. The van der Waals surface area contributed by atoms with Crippen LogP contribution in [0.15, 0.2) is 40.2 Å². The first-order chi connectivity index (χ1) is 12.3. The van der Waals surface area contributed by atoms with Crippen molar-refractivity contribution in [2.75, 3.05) is 11.4 Å². The summed E-state index contributed by atoms with van der Waals surface area (Å²) in [6.45, 7) is 1.65. The number of benzene rings is 1. The maximum absolute atomic E-state index is 13.1. The molecule has 2 aromatic heterocycles. The number of anilines is 1. The number of aromatic nitrogens is 4. The molecule has 0 saturated heterocycles. The van der Waals surface area contributed by atoms with Gasteiger partial charge in [-0.3, -0.25) is 14.2 Å². The van der Waals surface area contributed by atoms with Crippen LogP contribution in [0.3, 0.4) is 0 Å². The lowest BCUT2D eigenvalue weighted by Gasteiger charge is -2.21. The Morgan fingerprint density at radius 3 is 2.46 bits per heavy atom. The standard InChI is InChI=1S/C17H18FN5O3/c1-4-22(12-7-5-11(18)6-8-12)13(24)9-23-16(25)14-15(19-10-20(14)2)21(3)17(23)26/h5-8,10H,4,9H2,1-3H3. The highest BCUT2D eigenvalue weighted by atomic mass is 19.1. The average Bonchev–Trinajstić information content (AvgIpc) is 3.01. The molecular formula is C17H18FN5O3. The fraction of sp³-hybridized carbons (Fsp3) is 0.294. The Morgan fingerprint density at radius 2 is 1.85 bits per heavy atom. The lowest BCUT2D eigenvalue weighted by molar-refractivity contribution is -0.119. The van der Waals surface area contributed by atoms with Crippen LogP contribution in [0.4, 0.5) is 10.1 Å². The van der Waals surface area contributed by atoms with Crippen molar-refractivity contribution in [2.45, 2.75) is 13.5 Å². The Morgan fingerprint density at radius 1 is 1.19 bits per heavy atom. The Labute approximate surface area is 147 Å². The third kappa shape index (κ3) is 2.81. The summed E-state index contributed by atoms with van der Waals surface area (Å²) < 4.78 is 16.7. The molecule has 0 spiro atoms. The van der Waals surface area contributed by atoms with Crippen molar-refractivity contribution < 1.29 is 9.18 Å². The minimum Gasteiger partial charge on any atom is -0.328 e. The van der Waals surface area contributed by atoms with Gasteiger partial charge in [-0.2, -0.15) is 0 Å². The summed E-state index contributed by atoms with van der Waals surface area (Å²) in [5.74, 6) is -0.858. The first kappa shape index (κ1) is 17.6. The lowest BCUT2D eigenvalue weighted by Crippen LogP contribution is -2.44. The van der Waals surface area contributed by atoms with Crippen LogP contribution in [0.1, 0.15) is 6.92 Å². The van der Waals surface area contributed by atoms with Gasteiger partial charge in [-0.05, 0) is 31.2 Å². The second-order valence-electron chi connectivity index (χ2n) is 5.87. The van der Waals surface area contributed by atoms with Gasteiger partial charge in [-0.25, -0.2) is 18.7 Å². The Balaban J connectivity index is 2.04. The van der Waals surface area contributed by atoms with Crippen LogP contribution in [-0.2, 0) is 25.4 Å². The molecule has 0 unspecified atom stereocenters. The Bertz CT molecular complexity index is 1090. The quantitative estimate of drug-likeness (QED) is 0.684. The number of carbonyl (C=O) groups is 1. The molecule has 3 aromatic rings. The van der Waals surface area contributed by atoms with Crippen LogP contribution in [0, 0.1) is 5.82 Å². The molecule has 0 N–H and O–H groups in total. The van der Waals surface area contributed by atoms with Crippen LogP contribution in [0.2, 0.25) is 0 Å². The second-order valence-corrected chi connectivity index (χ2v) is 5.87. The number of aryl methyl sites for hydroxylation is 2. The van der Waals surface area contributed by atoms with Crippen molar-refractivity contribution in [3.8, 4) is 0 Å². The van der Waals surface area contributed by atoms with Gasteiger partial charge in [0.1, 0.15) is 12.4 Å².